The van der Waals surface area contributed by atoms with Crippen molar-refractivity contribution in [3.05, 3.63) is 0 Å². The van der Waals surface area contributed by atoms with E-state index in [0.717, 1.165) is 12.8 Å². The van der Waals surface area contributed by atoms with Crippen LogP contribution in [0.25, 0.3) is 0 Å². The molecule has 2 N–H and O–H groups in total. The Labute approximate surface area is 90.0 Å². The molecule has 1 amide bonds. The van der Waals surface area contributed by atoms with Crippen LogP contribution in [-0.2, 0) is 9.59 Å². The first-order chi connectivity index (χ1) is 7.04. The molecule has 0 aromatic rings. The van der Waals surface area contributed by atoms with Crippen LogP contribution in [0.3, 0.4) is 0 Å². The minimum atomic E-state index is -0.876. The summed E-state index contributed by atoms with van der Waals surface area (Å²) < 4.78 is 0. The lowest BCUT2D eigenvalue weighted by Crippen LogP contribution is -2.37. The van der Waals surface area contributed by atoms with E-state index < -0.39 is 11.4 Å². The van der Waals surface area contributed by atoms with Crippen molar-refractivity contribution in [1.82, 2.24) is 5.32 Å². The summed E-state index contributed by atoms with van der Waals surface area (Å²) in [4.78, 5) is 22.7. The molecule has 1 saturated carbocycles. The number of rotatable bonds is 6. The van der Waals surface area contributed by atoms with E-state index in [1.54, 1.807) is 0 Å². The van der Waals surface area contributed by atoms with E-state index in [1.807, 2.05) is 13.8 Å². The maximum atomic E-state index is 11.6. The fourth-order valence-corrected chi connectivity index (χ4v) is 1.69. The minimum Gasteiger partial charge on any atom is -0.481 e. The lowest BCUT2D eigenvalue weighted by Gasteiger charge is -2.25. The van der Waals surface area contributed by atoms with Crippen LogP contribution in [0.5, 0.6) is 0 Å². The minimum absolute atomic E-state index is 0.103. The first-order valence-electron chi connectivity index (χ1n) is 5.57. The number of nitrogens with one attached hydrogen (secondary N) is 1. The molecule has 15 heavy (non-hydrogen) atoms. The van der Waals surface area contributed by atoms with Gasteiger partial charge in [-0.25, -0.2) is 0 Å². The van der Waals surface area contributed by atoms with Gasteiger partial charge >= 0.3 is 5.97 Å². The highest BCUT2D eigenvalue weighted by molar-refractivity contribution is 5.85. The summed E-state index contributed by atoms with van der Waals surface area (Å²) in [6, 6.07) is 0.303. The van der Waals surface area contributed by atoms with E-state index >= 15 is 0 Å². The van der Waals surface area contributed by atoms with Gasteiger partial charge in [-0.2, -0.15) is 0 Å². The number of hydrogen-bond acceptors (Lipinski definition) is 2. The SMILES string of the molecule is CCC(CC)(CC(=O)NC1CC1)C(=O)O. The molecule has 1 fully saturated rings. The summed E-state index contributed by atoms with van der Waals surface area (Å²) in [6.07, 6.45) is 3.16. The normalized spacial score (nSPS) is 16.1. The van der Waals surface area contributed by atoms with Gasteiger partial charge in [0.1, 0.15) is 0 Å². The number of hydrogen-bond donors (Lipinski definition) is 2. The number of carbonyl (C=O) groups excluding carboxylic acids is 1. The first kappa shape index (κ1) is 12.0. The van der Waals surface area contributed by atoms with E-state index in [9.17, 15) is 9.59 Å². The molecule has 0 saturated heterocycles. The van der Waals surface area contributed by atoms with Crippen molar-refractivity contribution >= 4 is 11.9 Å². The third kappa shape index (κ3) is 2.94. The molecule has 4 heteroatoms. The predicted molar refractivity (Wildman–Crippen MR) is 56.4 cm³/mol. The Bertz CT molecular complexity index is 255. The molecular weight excluding hydrogens is 194 g/mol. The second-order valence-corrected chi connectivity index (χ2v) is 4.31. The molecule has 1 rings (SSSR count). The van der Waals surface area contributed by atoms with Gasteiger partial charge in [-0.15, -0.1) is 0 Å². The summed E-state index contributed by atoms with van der Waals surface area (Å²) in [6.45, 7) is 3.64. The van der Waals surface area contributed by atoms with Crippen LogP contribution in [0.15, 0.2) is 0 Å². The van der Waals surface area contributed by atoms with E-state index in [2.05, 4.69) is 5.32 Å². The van der Waals surface area contributed by atoms with Crippen LogP contribution in [0, 0.1) is 5.41 Å². The summed E-state index contributed by atoms with van der Waals surface area (Å²) in [7, 11) is 0. The fourth-order valence-electron chi connectivity index (χ4n) is 1.69. The first-order valence-corrected chi connectivity index (χ1v) is 5.57. The van der Waals surface area contributed by atoms with E-state index in [1.165, 1.54) is 0 Å². The number of carboxylic acid groups (broad SMARTS) is 1. The van der Waals surface area contributed by atoms with Crippen molar-refractivity contribution in [3.8, 4) is 0 Å². The molecule has 0 aromatic heterocycles. The van der Waals surface area contributed by atoms with Gasteiger partial charge in [-0.1, -0.05) is 13.8 Å². The third-order valence-electron chi connectivity index (χ3n) is 3.25. The lowest BCUT2D eigenvalue weighted by atomic mass is 9.79. The van der Waals surface area contributed by atoms with E-state index in [0.29, 0.717) is 18.9 Å². The Morgan fingerprint density at radius 3 is 2.20 bits per heavy atom. The smallest absolute Gasteiger partial charge is 0.310 e. The summed E-state index contributed by atoms with van der Waals surface area (Å²) in [5.74, 6) is -0.984. The monoisotopic (exact) mass is 213 g/mol. The molecule has 1 aliphatic rings. The molecule has 0 radical (unpaired) electrons. The second-order valence-electron chi connectivity index (χ2n) is 4.31. The zero-order valence-electron chi connectivity index (χ0n) is 9.38. The van der Waals surface area contributed by atoms with Crippen LogP contribution in [0.4, 0.5) is 0 Å². The van der Waals surface area contributed by atoms with Crippen molar-refractivity contribution in [2.75, 3.05) is 0 Å². The molecule has 0 aromatic carbocycles. The van der Waals surface area contributed by atoms with Crippen LogP contribution in [0.1, 0.15) is 46.0 Å². The highest BCUT2D eigenvalue weighted by atomic mass is 16.4. The zero-order chi connectivity index (χ0) is 11.5. The summed E-state index contributed by atoms with van der Waals surface area (Å²) in [5, 5.41) is 12.0. The number of aliphatic carboxylic acids is 1. The maximum Gasteiger partial charge on any atom is 0.310 e. The second kappa shape index (κ2) is 4.64. The van der Waals surface area contributed by atoms with Gasteiger partial charge in [-0.05, 0) is 25.7 Å². The highest BCUT2D eigenvalue weighted by Crippen LogP contribution is 2.31. The number of carbonyl (C=O) groups is 2. The van der Waals surface area contributed by atoms with E-state index in [4.69, 9.17) is 5.11 Å². The third-order valence-corrected chi connectivity index (χ3v) is 3.25. The Hall–Kier alpha value is -1.06. The van der Waals surface area contributed by atoms with Gasteiger partial charge in [-0.3, -0.25) is 9.59 Å². The molecule has 0 bridgehead atoms. The zero-order valence-corrected chi connectivity index (χ0v) is 9.38. The van der Waals surface area contributed by atoms with Gasteiger partial charge in [0.2, 0.25) is 5.91 Å². The van der Waals surface area contributed by atoms with Crippen LogP contribution >= 0.6 is 0 Å². The van der Waals surface area contributed by atoms with Gasteiger partial charge < -0.3 is 10.4 Å². The van der Waals surface area contributed by atoms with Crippen LogP contribution in [-0.4, -0.2) is 23.0 Å². The lowest BCUT2D eigenvalue weighted by molar-refractivity contribution is -0.152. The molecule has 0 unspecified atom stereocenters. The van der Waals surface area contributed by atoms with Gasteiger partial charge in [0.05, 0.1) is 5.41 Å². The topological polar surface area (TPSA) is 66.4 Å². The molecule has 0 atom stereocenters. The number of amides is 1. The van der Waals surface area contributed by atoms with E-state index in [-0.39, 0.29) is 12.3 Å². The molecule has 1 aliphatic carbocycles. The molecule has 4 nitrogen and oxygen atoms in total. The molecule has 0 heterocycles. The Kier molecular flexibility index (Phi) is 3.72. The Morgan fingerprint density at radius 2 is 1.87 bits per heavy atom. The molecule has 86 valence electrons. The van der Waals surface area contributed by atoms with Crippen molar-refractivity contribution in [2.45, 2.75) is 52.0 Å². The van der Waals surface area contributed by atoms with Gasteiger partial charge in [0.25, 0.3) is 0 Å². The standard InChI is InChI=1S/C11H19NO3/c1-3-11(4-2,10(14)15)7-9(13)12-8-5-6-8/h8H,3-7H2,1-2H3,(H,12,13)(H,14,15). The van der Waals surface area contributed by atoms with Gasteiger partial charge in [0, 0.05) is 12.5 Å². The average molecular weight is 213 g/mol. The average Bonchev–Trinajstić information content (AvgIpc) is 2.97. The summed E-state index contributed by atoms with van der Waals surface area (Å²) in [5.41, 5.74) is -0.876. The molecular formula is C11H19NO3. The maximum absolute atomic E-state index is 11.6. The predicted octanol–water partition coefficient (Wildman–Crippen LogP) is 1.55. The fraction of sp³-hybridized carbons (Fsp3) is 0.818. The van der Waals surface area contributed by atoms with Crippen LogP contribution < -0.4 is 5.32 Å². The van der Waals surface area contributed by atoms with Crippen molar-refractivity contribution in [1.29, 1.82) is 0 Å². The van der Waals surface area contributed by atoms with Crippen molar-refractivity contribution < 1.29 is 14.7 Å². The largest absolute Gasteiger partial charge is 0.481 e. The quantitative estimate of drug-likeness (QED) is 0.703. The molecule has 0 spiro atoms. The Balaban J connectivity index is 2.55. The van der Waals surface area contributed by atoms with Crippen molar-refractivity contribution in [3.63, 3.8) is 0 Å². The summed E-state index contributed by atoms with van der Waals surface area (Å²) >= 11 is 0. The van der Waals surface area contributed by atoms with Crippen LogP contribution in [0.2, 0.25) is 0 Å². The van der Waals surface area contributed by atoms with Crippen molar-refractivity contribution in [2.24, 2.45) is 5.41 Å². The Morgan fingerprint density at radius 1 is 1.33 bits per heavy atom. The molecule has 0 aliphatic heterocycles. The number of carboxylic acids is 1. The highest BCUT2D eigenvalue weighted by Gasteiger charge is 2.38. The van der Waals surface area contributed by atoms with Gasteiger partial charge in [0.15, 0.2) is 0 Å².